The van der Waals surface area contributed by atoms with Crippen LogP contribution in [0.2, 0.25) is 0 Å². The molecule has 4 aromatic carbocycles. The van der Waals surface area contributed by atoms with Gasteiger partial charge in [0.2, 0.25) is 0 Å². The van der Waals surface area contributed by atoms with Gasteiger partial charge in [0.1, 0.15) is 0 Å². The van der Waals surface area contributed by atoms with Crippen molar-refractivity contribution in [1.82, 2.24) is 9.99 Å². The van der Waals surface area contributed by atoms with Gasteiger partial charge >= 0.3 is 0 Å². The minimum atomic E-state index is 0.588. The van der Waals surface area contributed by atoms with Crippen LogP contribution >= 0.6 is 0 Å². The quantitative estimate of drug-likeness (QED) is 0.217. The van der Waals surface area contributed by atoms with E-state index in [2.05, 4.69) is 88.7 Å². The van der Waals surface area contributed by atoms with E-state index in [9.17, 15) is 0 Å². The monoisotopic (exact) mass is 463 g/mol. The van der Waals surface area contributed by atoms with Gasteiger partial charge < -0.3 is 19.5 Å². The summed E-state index contributed by atoms with van der Waals surface area (Å²) in [5.74, 6) is 1.43. The van der Waals surface area contributed by atoms with E-state index in [1.165, 1.54) is 32.9 Å². The van der Waals surface area contributed by atoms with Crippen LogP contribution in [0.1, 0.15) is 22.4 Å². The average molecular weight is 464 g/mol. The van der Waals surface area contributed by atoms with E-state index >= 15 is 0 Å². The highest BCUT2D eigenvalue weighted by Crippen LogP contribution is 2.29. The van der Waals surface area contributed by atoms with Crippen LogP contribution in [0.25, 0.3) is 21.7 Å². The van der Waals surface area contributed by atoms with E-state index in [0.717, 1.165) is 23.4 Å². The zero-order chi connectivity index (χ0) is 24.2. The lowest BCUT2D eigenvalue weighted by molar-refractivity contribution is 0.354. The largest absolute Gasteiger partial charge is 0.493 e. The van der Waals surface area contributed by atoms with Crippen molar-refractivity contribution in [2.24, 2.45) is 5.10 Å². The van der Waals surface area contributed by atoms with Gasteiger partial charge in [0.05, 0.1) is 27.0 Å². The standard InChI is InChI=1S/C30H29N3O2/c1-21-27(19-32-31-18-22-15-16-29(34-2)30(17-22)35-3)26-13-6-7-14-28(26)33(21)20-24-11-8-10-23-9-4-5-12-25(23)24/h4-17,19,31H,18,20H2,1-3H3/b32-19+. The van der Waals surface area contributed by atoms with Gasteiger partial charge in [-0.05, 0) is 47.0 Å². The summed E-state index contributed by atoms with van der Waals surface area (Å²) in [6.45, 7) is 3.56. The van der Waals surface area contributed by atoms with E-state index in [-0.39, 0.29) is 0 Å². The van der Waals surface area contributed by atoms with Crippen LogP contribution in [0, 0.1) is 6.92 Å². The molecular weight excluding hydrogens is 434 g/mol. The number of hydrazone groups is 1. The molecule has 35 heavy (non-hydrogen) atoms. The maximum absolute atomic E-state index is 5.40. The second-order valence-electron chi connectivity index (χ2n) is 8.52. The number of methoxy groups -OCH3 is 2. The molecule has 1 heterocycles. The number of ether oxygens (including phenoxy) is 2. The van der Waals surface area contributed by atoms with Gasteiger partial charge in [0.15, 0.2) is 11.5 Å². The number of aromatic nitrogens is 1. The molecular formula is C30H29N3O2. The van der Waals surface area contributed by atoms with Crippen molar-refractivity contribution in [2.45, 2.75) is 20.0 Å². The lowest BCUT2D eigenvalue weighted by Crippen LogP contribution is -2.07. The highest BCUT2D eigenvalue weighted by Gasteiger charge is 2.13. The number of rotatable bonds is 8. The first kappa shape index (κ1) is 22.5. The third kappa shape index (κ3) is 4.45. The number of nitrogens with one attached hydrogen (secondary N) is 1. The summed E-state index contributed by atoms with van der Waals surface area (Å²) in [7, 11) is 3.28. The Hall–Kier alpha value is -4.25. The van der Waals surface area contributed by atoms with Gasteiger partial charge in [-0.1, -0.05) is 66.7 Å². The van der Waals surface area contributed by atoms with E-state index in [1.54, 1.807) is 14.2 Å². The van der Waals surface area contributed by atoms with Crippen molar-refractivity contribution in [3.8, 4) is 11.5 Å². The predicted octanol–water partition coefficient (Wildman–Crippen LogP) is 6.29. The van der Waals surface area contributed by atoms with E-state index in [0.29, 0.717) is 12.3 Å². The zero-order valence-corrected chi connectivity index (χ0v) is 20.3. The van der Waals surface area contributed by atoms with E-state index in [1.807, 2.05) is 24.4 Å². The van der Waals surface area contributed by atoms with Crippen LogP contribution in [0.4, 0.5) is 0 Å². The summed E-state index contributed by atoms with van der Waals surface area (Å²) in [6, 6.07) is 29.5. The molecule has 5 heteroatoms. The minimum absolute atomic E-state index is 0.588. The summed E-state index contributed by atoms with van der Waals surface area (Å²) in [4.78, 5) is 0. The molecule has 5 aromatic rings. The summed E-state index contributed by atoms with van der Waals surface area (Å²) in [6.07, 6.45) is 1.93. The van der Waals surface area contributed by atoms with Crippen LogP contribution in [0.3, 0.4) is 0 Å². The maximum atomic E-state index is 5.40. The molecule has 0 aliphatic rings. The Labute approximate surface area is 205 Å². The number of para-hydroxylation sites is 1. The second kappa shape index (κ2) is 9.94. The maximum Gasteiger partial charge on any atom is 0.161 e. The van der Waals surface area contributed by atoms with Crippen molar-refractivity contribution in [3.63, 3.8) is 0 Å². The third-order valence-electron chi connectivity index (χ3n) is 6.50. The lowest BCUT2D eigenvalue weighted by Gasteiger charge is -2.11. The molecule has 0 amide bonds. The van der Waals surface area contributed by atoms with Gasteiger partial charge in [0, 0.05) is 28.7 Å². The number of nitrogens with zero attached hydrogens (tertiary/aromatic N) is 2. The van der Waals surface area contributed by atoms with Crippen LogP contribution < -0.4 is 14.9 Å². The van der Waals surface area contributed by atoms with E-state index < -0.39 is 0 Å². The normalized spacial score (nSPS) is 11.4. The lowest BCUT2D eigenvalue weighted by atomic mass is 10.0. The van der Waals surface area contributed by atoms with Crippen molar-refractivity contribution >= 4 is 27.9 Å². The van der Waals surface area contributed by atoms with Crippen molar-refractivity contribution in [3.05, 3.63) is 107 Å². The molecule has 1 N–H and O–H groups in total. The molecule has 0 fully saturated rings. The average Bonchev–Trinajstić information content (AvgIpc) is 3.17. The Morgan fingerprint density at radius 3 is 2.40 bits per heavy atom. The SMILES string of the molecule is COc1ccc(CN/N=C/c2c(C)n(Cc3cccc4ccccc34)c3ccccc23)cc1OC. The van der Waals surface area contributed by atoms with Crippen molar-refractivity contribution in [2.75, 3.05) is 14.2 Å². The first-order valence-electron chi connectivity index (χ1n) is 11.7. The molecule has 0 saturated heterocycles. The summed E-state index contributed by atoms with van der Waals surface area (Å²) in [5.41, 5.74) is 9.07. The van der Waals surface area contributed by atoms with Crippen LogP contribution in [-0.2, 0) is 13.1 Å². The van der Waals surface area contributed by atoms with Crippen LogP contribution in [0.5, 0.6) is 11.5 Å². The van der Waals surface area contributed by atoms with Crippen molar-refractivity contribution < 1.29 is 9.47 Å². The molecule has 5 rings (SSSR count). The zero-order valence-electron chi connectivity index (χ0n) is 20.3. The molecule has 0 unspecified atom stereocenters. The Morgan fingerprint density at radius 2 is 1.57 bits per heavy atom. The van der Waals surface area contributed by atoms with Gasteiger partial charge in [-0.15, -0.1) is 0 Å². The van der Waals surface area contributed by atoms with Crippen molar-refractivity contribution in [1.29, 1.82) is 0 Å². The number of hydrogen-bond acceptors (Lipinski definition) is 4. The smallest absolute Gasteiger partial charge is 0.161 e. The molecule has 176 valence electrons. The van der Waals surface area contributed by atoms with Gasteiger partial charge in [-0.25, -0.2) is 0 Å². The minimum Gasteiger partial charge on any atom is -0.493 e. The summed E-state index contributed by atoms with van der Waals surface area (Å²) >= 11 is 0. The van der Waals surface area contributed by atoms with Gasteiger partial charge in [-0.2, -0.15) is 5.10 Å². The molecule has 0 atom stereocenters. The fourth-order valence-corrected chi connectivity index (χ4v) is 4.66. The molecule has 5 nitrogen and oxygen atoms in total. The Bertz CT molecular complexity index is 1510. The Kier molecular flexibility index (Phi) is 6.40. The first-order valence-corrected chi connectivity index (χ1v) is 11.7. The second-order valence-corrected chi connectivity index (χ2v) is 8.52. The van der Waals surface area contributed by atoms with Crippen LogP contribution in [-0.4, -0.2) is 25.0 Å². The number of hydrogen-bond donors (Lipinski definition) is 1. The van der Waals surface area contributed by atoms with Gasteiger partial charge in [-0.3, -0.25) is 0 Å². The predicted molar refractivity (Wildman–Crippen MR) is 144 cm³/mol. The molecule has 0 saturated carbocycles. The number of benzene rings is 4. The third-order valence-corrected chi connectivity index (χ3v) is 6.50. The molecule has 0 radical (unpaired) electrons. The molecule has 0 bridgehead atoms. The molecule has 0 aliphatic heterocycles. The Balaban J connectivity index is 1.41. The summed E-state index contributed by atoms with van der Waals surface area (Å²) in [5, 5.41) is 8.31. The fraction of sp³-hybridized carbons (Fsp3) is 0.167. The molecule has 0 aliphatic carbocycles. The topological polar surface area (TPSA) is 47.8 Å². The summed E-state index contributed by atoms with van der Waals surface area (Å²) < 4.78 is 13.1. The number of fused-ring (bicyclic) bond motifs is 2. The molecule has 0 spiro atoms. The fourth-order valence-electron chi connectivity index (χ4n) is 4.66. The van der Waals surface area contributed by atoms with Gasteiger partial charge in [0.25, 0.3) is 0 Å². The highest BCUT2D eigenvalue weighted by molar-refractivity contribution is 6.01. The van der Waals surface area contributed by atoms with Crippen LogP contribution in [0.15, 0.2) is 90.0 Å². The van der Waals surface area contributed by atoms with E-state index in [4.69, 9.17) is 9.47 Å². The highest BCUT2D eigenvalue weighted by atomic mass is 16.5. The first-order chi connectivity index (χ1) is 17.2. The molecule has 1 aromatic heterocycles. The Morgan fingerprint density at radius 1 is 0.829 bits per heavy atom.